The standard InChI is InChI=1S/C30H39N5O4S/c36-28(23-5-6-23)33-14-10-20(18-33)19-35-27(32-30(29(35)37)11-15-34(16-12-30)40(38)39)22-3-1-21(2-4-22)24-7-8-26-25(17-24)9-13-31-26/h1-3,7-8,17,20,22-23,27,31-32,40H,4-6,9-16,18-19H2/t20-,22?,27?/m1/s1. The fraction of sp³-hybridized carbons (Fsp3) is 0.600. The van der Waals surface area contributed by atoms with Crippen LogP contribution in [0.5, 0.6) is 0 Å². The van der Waals surface area contributed by atoms with Gasteiger partial charge in [-0.05, 0) is 79.7 Å². The summed E-state index contributed by atoms with van der Waals surface area (Å²) < 4.78 is 24.6. The predicted molar refractivity (Wildman–Crippen MR) is 154 cm³/mol. The van der Waals surface area contributed by atoms with Crippen molar-refractivity contribution in [3.05, 3.63) is 47.6 Å². The molecule has 214 valence electrons. The van der Waals surface area contributed by atoms with E-state index in [-0.39, 0.29) is 35.7 Å². The first kappa shape index (κ1) is 26.2. The number of amides is 2. The van der Waals surface area contributed by atoms with Crippen LogP contribution in [0.25, 0.3) is 5.57 Å². The number of nitrogens with one attached hydrogen (secondary N) is 2. The van der Waals surface area contributed by atoms with Crippen LogP contribution in [-0.4, -0.2) is 85.3 Å². The normalized spacial score (nSPS) is 29.8. The first-order valence-electron chi connectivity index (χ1n) is 14.9. The van der Waals surface area contributed by atoms with Crippen LogP contribution in [0.3, 0.4) is 0 Å². The summed E-state index contributed by atoms with van der Waals surface area (Å²) in [6, 6.07) is 6.63. The minimum Gasteiger partial charge on any atom is -0.384 e. The molecule has 4 heterocycles. The summed E-state index contributed by atoms with van der Waals surface area (Å²) in [6.45, 7) is 3.85. The van der Waals surface area contributed by atoms with Crippen LogP contribution in [-0.2, 0) is 26.9 Å². The molecule has 4 aliphatic heterocycles. The fourth-order valence-corrected chi connectivity index (χ4v) is 7.90. The number of piperidine rings is 1. The van der Waals surface area contributed by atoms with E-state index in [4.69, 9.17) is 0 Å². The molecular weight excluding hydrogens is 526 g/mol. The summed E-state index contributed by atoms with van der Waals surface area (Å²) in [5.41, 5.74) is 4.32. The highest BCUT2D eigenvalue weighted by atomic mass is 32.2. The van der Waals surface area contributed by atoms with E-state index in [9.17, 15) is 18.0 Å². The van der Waals surface area contributed by atoms with Gasteiger partial charge in [-0.1, -0.05) is 24.3 Å². The van der Waals surface area contributed by atoms with Gasteiger partial charge in [-0.15, -0.1) is 0 Å². The van der Waals surface area contributed by atoms with Gasteiger partial charge in [-0.2, -0.15) is 0 Å². The summed E-state index contributed by atoms with van der Waals surface area (Å²) in [4.78, 5) is 30.8. The summed E-state index contributed by atoms with van der Waals surface area (Å²) in [5, 5.41) is 7.17. The largest absolute Gasteiger partial charge is 0.384 e. The molecule has 10 heteroatoms. The number of anilines is 1. The van der Waals surface area contributed by atoms with Gasteiger partial charge in [-0.3, -0.25) is 14.9 Å². The third-order valence-electron chi connectivity index (χ3n) is 9.92. The number of benzene rings is 1. The first-order chi connectivity index (χ1) is 19.4. The van der Waals surface area contributed by atoms with Crippen molar-refractivity contribution in [3.63, 3.8) is 0 Å². The predicted octanol–water partition coefficient (Wildman–Crippen LogP) is 1.99. The van der Waals surface area contributed by atoms with Gasteiger partial charge in [0.25, 0.3) is 0 Å². The Morgan fingerprint density at radius 3 is 2.65 bits per heavy atom. The Balaban J connectivity index is 1.09. The summed E-state index contributed by atoms with van der Waals surface area (Å²) >= 11 is 0. The molecule has 3 atom stereocenters. The highest BCUT2D eigenvalue weighted by Crippen LogP contribution is 2.39. The molecule has 4 fully saturated rings. The van der Waals surface area contributed by atoms with Crippen molar-refractivity contribution in [3.8, 4) is 0 Å². The second-order valence-corrected chi connectivity index (χ2v) is 13.5. The summed E-state index contributed by atoms with van der Waals surface area (Å²) in [7, 11) is -2.63. The van der Waals surface area contributed by atoms with Crippen molar-refractivity contribution in [2.45, 2.75) is 56.7 Å². The number of hydrogen-bond donors (Lipinski definition) is 3. The molecule has 2 N–H and O–H groups in total. The molecule has 40 heavy (non-hydrogen) atoms. The van der Waals surface area contributed by atoms with Gasteiger partial charge >= 0.3 is 0 Å². The number of carbonyl (C=O) groups excluding carboxylic acids is 2. The van der Waals surface area contributed by atoms with E-state index in [1.807, 2.05) is 9.80 Å². The number of nitrogens with zero attached hydrogens (tertiary/aromatic N) is 3. The Kier molecular flexibility index (Phi) is 6.75. The van der Waals surface area contributed by atoms with Gasteiger partial charge in [0.2, 0.25) is 22.7 Å². The third kappa shape index (κ3) is 4.77. The number of allylic oxidation sites excluding steroid dienone is 3. The van der Waals surface area contributed by atoms with E-state index < -0.39 is 16.4 Å². The average molecular weight is 566 g/mol. The van der Waals surface area contributed by atoms with E-state index in [0.717, 1.165) is 51.7 Å². The fourth-order valence-electron chi connectivity index (χ4n) is 7.37. The van der Waals surface area contributed by atoms with Crippen molar-refractivity contribution in [1.82, 2.24) is 19.4 Å². The van der Waals surface area contributed by atoms with Crippen LogP contribution >= 0.6 is 0 Å². The third-order valence-corrected chi connectivity index (χ3v) is 10.8. The van der Waals surface area contributed by atoms with Crippen LogP contribution in [0.2, 0.25) is 0 Å². The van der Waals surface area contributed by atoms with Crippen LogP contribution < -0.4 is 10.6 Å². The van der Waals surface area contributed by atoms with E-state index in [1.54, 1.807) is 0 Å². The maximum Gasteiger partial charge on any atom is 0.244 e. The van der Waals surface area contributed by atoms with Crippen molar-refractivity contribution in [2.75, 3.05) is 44.6 Å². The van der Waals surface area contributed by atoms with Crippen LogP contribution in [0.15, 0.2) is 36.4 Å². The average Bonchev–Trinajstić information content (AvgIpc) is 3.43. The Labute approximate surface area is 237 Å². The van der Waals surface area contributed by atoms with E-state index in [1.165, 1.54) is 26.7 Å². The number of thiol groups is 1. The molecule has 3 saturated heterocycles. The number of hydrogen-bond acceptors (Lipinski definition) is 6. The quantitative estimate of drug-likeness (QED) is 0.456. The molecule has 2 aliphatic carbocycles. The smallest absolute Gasteiger partial charge is 0.244 e. The Hall–Kier alpha value is -2.69. The van der Waals surface area contributed by atoms with E-state index in [0.29, 0.717) is 32.5 Å². The molecule has 0 radical (unpaired) electrons. The molecule has 0 bridgehead atoms. The number of carbonyl (C=O) groups is 2. The molecule has 7 rings (SSSR count). The van der Waals surface area contributed by atoms with Crippen molar-refractivity contribution in [2.24, 2.45) is 17.8 Å². The zero-order valence-electron chi connectivity index (χ0n) is 22.9. The second-order valence-electron chi connectivity index (χ2n) is 12.5. The second kappa shape index (κ2) is 10.3. The van der Waals surface area contributed by atoms with Crippen molar-refractivity contribution >= 4 is 34.0 Å². The molecule has 1 aromatic rings. The van der Waals surface area contributed by atoms with Crippen LogP contribution in [0, 0.1) is 17.8 Å². The minimum absolute atomic E-state index is 0.0968. The van der Waals surface area contributed by atoms with Gasteiger partial charge in [0, 0.05) is 56.8 Å². The molecule has 9 nitrogen and oxygen atoms in total. The maximum atomic E-state index is 14.1. The zero-order chi connectivity index (χ0) is 27.4. The number of fused-ring (bicyclic) bond motifs is 1. The first-order valence-corrected chi connectivity index (χ1v) is 16.1. The van der Waals surface area contributed by atoms with Gasteiger partial charge in [-0.25, -0.2) is 12.7 Å². The molecular formula is C30H39N5O4S. The highest BCUT2D eigenvalue weighted by molar-refractivity contribution is 7.69. The lowest BCUT2D eigenvalue weighted by atomic mass is 9.87. The molecule has 1 spiro atoms. The van der Waals surface area contributed by atoms with Gasteiger partial charge < -0.3 is 15.1 Å². The lowest BCUT2D eigenvalue weighted by Crippen LogP contribution is -2.55. The van der Waals surface area contributed by atoms with Gasteiger partial charge in [0.1, 0.15) is 5.54 Å². The minimum atomic E-state index is -2.63. The molecule has 0 aromatic heterocycles. The molecule has 6 aliphatic rings. The Bertz CT molecular complexity index is 1340. The molecule has 1 aromatic carbocycles. The highest BCUT2D eigenvalue weighted by Gasteiger charge is 2.54. The Morgan fingerprint density at radius 2 is 1.93 bits per heavy atom. The lowest BCUT2D eigenvalue weighted by Gasteiger charge is -2.35. The van der Waals surface area contributed by atoms with E-state index in [2.05, 4.69) is 47.1 Å². The van der Waals surface area contributed by atoms with Crippen LogP contribution in [0.4, 0.5) is 5.69 Å². The van der Waals surface area contributed by atoms with Crippen molar-refractivity contribution in [1.29, 1.82) is 0 Å². The molecule has 1 saturated carbocycles. The number of likely N-dealkylation sites (tertiary alicyclic amines) is 1. The van der Waals surface area contributed by atoms with Crippen molar-refractivity contribution < 1.29 is 18.0 Å². The monoisotopic (exact) mass is 565 g/mol. The SMILES string of the molecule is O=C(C1CC1)N1CC[C@@H](CN2C(=O)C3(CCN([SH](=O)=O)CC3)NC2C2C=CC(c3ccc4c(c3)CCN4)=CC2)C1. The van der Waals surface area contributed by atoms with Crippen LogP contribution in [0.1, 0.15) is 49.7 Å². The summed E-state index contributed by atoms with van der Waals surface area (Å²) in [6.07, 6.45) is 12.4. The molecule has 2 unspecified atom stereocenters. The Morgan fingerprint density at radius 1 is 1.10 bits per heavy atom. The lowest BCUT2D eigenvalue weighted by molar-refractivity contribution is -0.135. The topological polar surface area (TPSA) is 102 Å². The van der Waals surface area contributed by atoms with Gasteiger partial charge in [0.05, 0.1) is 6.17 Å². The maximum absolute atomic E-state index is 14.1. The summed E-state index contributed by atoms with van der Waals surface area (Å²) in [5.74, 6) is 0.997. The molecule has 2 amide bonds. The zero-order valence-corrected chi connectivity index (χ0v) is 23.8. The van der Waals surface area contributed by atoms with E-state index >= 15 is 0 Å². The van der Waals surface area contributed by atoms with Gasteiger partial charge in [0.15, 0.2) is 0 Å². The number of rotatable bonds is 6.